The first-order valence-electron chi connectivity index (χ1n) is 6.71. The molecule has 3 heteroatoms. The Morgan fingerprint density at radius 3 is 2.50 bits per heavy atom. The summed E-state index contributed by atoms with van der Waals surface area (Å²) in [5.41, 5.74) is 0. The monoisotopic (exact) mass is 227 g/mol. The summed E-state index contributed by atoms with van der Waals surface area (Å²) in [6, 6.07) is 0. The largest absolute Gasteiger partial charge is 0.466 e. The van der Waals surface area contributed by atoms with Crippen molar-refractivity contribution >= 4 is 5.97 Å². The van der Waals surface area contributed by atoms with Gasteiger partial charge < -0.3 is 9.64 Å². The lowest BCUT2D eigenvalue weighted by atomic mass is 10.2. The van der Waals surface area contributed by atoms with E-state index in [1.54, 1.807) is 0 Å². The van der Waals surface area contributed by atoms with Crippen LogP contribution in [0.25, 0.3) is 0 Å². The van der Waals surface area contributed by atoms with E-state index in [1.807, 2.05) is 0 Å². The van der Waals surface area contributed by atoms with E-state index in [-0.39, 0.29) is 5.97 Å². The Balaban J connectivity index is 2.05. The molecular weight excluding hydrogens is 202 g/mol. The van der Waals surface area contributed by atoms with Crippen LogP contribution in [0.2, 0.25) is 0 Å². The maximum absolute atomic E-state index is 11.4. The minimum absolute atomic E-state index is 0.0299. The molecule has 1 saturated heterocycles. The third kappa shape index (κ3) is 6.11. The third-order valence-electron chi connectivity index (χ3n) is 3.09. The van der Waals surface area contributed by atoms with E-state index in [0.29, 0.717) is 13.0 Å². The molecule has 0 spiro atoms. The maximum Gasteiger partial charge on any atom is 0.307 e. The summed E-state index contributed by atoms with van der Waals surface area (Å²) in [6.45, 7) is 5.88. The van der Waals surface area contributed by atoms with Crippen LogP contribution in [0.15, 0.2) is 0 Å². The van der Waals surface area contributed by atoms with Crippen LogP contribution in [0.5, 0.6) is 0 Å². The minimum atomic E-state index is -0.0299. The number of hydrogen-bond acceptors (Lipinski definition) is 3. The van der Waals surface area contributed by atoms with Gasteiger partial charge in [0.05, 0.1) is 13.0 Å². The Morgan fingerprint density at radius 2 is 1.88 bits per heavy atom. The van der Waals surface area contributed by atoms with Gasteiger partial charge in [-0.2, -0.15) is 0 Å². The van der Waals surface area contributed by atoms with E-state index in [1.165, 1.54) is 25.7 Å². The molecular formula is C13H25NO2. The van der Waals surface area contributed by atoms with E-state index in [9.17, 15) is 4.79 Å². The standard InChI is InChI=1S/C13H25NO2/c1-2-3-12-16-13(15)8-11-14-9-6-4-5-7-10-14/h2-12H2,1H3. The summed E-state index contributed by atoms with van der Waals surface area (Å²) in [5, 5.41) is 0. The number of rotatable bonds is 6. The fourth-order valence-corrected chi connectivity index (χ4v) is 2.01. The highest BCUT2D eigenvalue weighted by Gasteiger charge is 2.11. The molecule has 0 aliphatic carbocycles. The van der Waals surface area contributed by atoms with E-state index < -0.39 is 0 Å². The Labute approximate surface area is 99.1 Å². The highest BCUT2D eigenvalue weighted by Crippen LogP contribution is 2.09. The highest BCUT2D eigenvalue weighted by molar-refractivity contribution is 5.69. The third-order valence-corrected chi connectivity index (χ3v) is 3.09. The SMILES string of the molecule is CCCCOC(=O)CCN1CCCCCC1. The van der Waals surface area contributed by atoms with E-state index in [2.05, 4.69) is 11.8 Å². The molecule has 0 N–H and O–H groups in total. The average Bonchev–Trinajstić information content (AvgIpc) is 2.55. The van der Waals surface area contributed by atoms with E-state index in [4.69, 9.17) is 4.74 Å². The molecule has 0 saturated carbocycles. The van der Waals surface area contributed by atoms with Crippen LogP contribution in [-0.2, 0) is 9.53 Å². The first kappa shape index (κ1) is 13.5. The van der Waals surface area contributed by atoms with Crippen molar-refractivity contribution in [3.05, 3.63) is 0 Å². The molecule has 94 valence electrons. The first-order valence-corrected chi connectivity index (χ1v) is 6.71. The number of hydrogen-bond donors (Lipinski definition) is 0. The highest BCUT2D eigenvalue weighted by atomic mass is 16.5. The molecule has 0 amide bonds. The van der Waals surface area contributed by atoms with Crippen LogP contribution in [-0.4, -0.2) is 37.1 Å². The molecule has 0 aromatic rings. The number of ether oxygens (including phenoxy) is 1. The van der Waals surface area contributed by atoms with Crippen molar-refractivity contribution in [2.24, 2.45) is 0 Å². The summed E-state index contributed by atoms with van der Waals surface area (Å²) < 4.78 is 5.14. The maximum atomic E-state index is 11.4. The van der Waals surface area contributed by atoms with Crippen LogP contribution in [0, 0.1) is 0 Å². The van der Waals surface area contributed by atoms with Gasteiger partial charge in [-0.25, -0.2) is 0 Å². The number of nitrogens with zero attached hydrogens (tertiary/aromatic N) is 1. The van der Waals surface area contributed by atoms with Crippen molar-refractivity contribution in [2.75, 3.05) is 26.2 Å². The molecule has 0 radical (unpaired) electrons. The summed E-state index contributed by atoms with van der Waals surface area (Å²) in [6.07, 6.45) is 7.88. The number of carbonyl (C=O) groups is 1. The Kier molecular flexibility index (Phi) is 7.23. The van der Waals surface area contributed by atoms with Crippen LogP contribution < -0.4 is 0 Å². The Morgan fingerprint density at radius 1 is 1.19 bits per heavy atom. The average molecular weight is 227 g/mol. The summed E-state index contributed by atoms with van der Waals surface area (Å²) in [5.74, 6) is -0.0299. The molecule has 0 bridgehead atoms. The summed E-state index contributed by atoms with van der Waals surface area (Å²) in [4.78, 5) is 13.8. The van der Waals surface area contributed by atoms with Crippen molar-refractivity contribution in [2.45, 2.75) is 51.9 Å². The predicted octanol–water partition coefficient (Wildman–Crippen LogP) is 2.60. The van der Waals surface area contributed by atoms with Crippen molar-refractivity contribution in [1.82, 2.24) is 4.90 Å². The van der Waals surface area contributed by atoms with Crippen LogP contribution in [0.3, 0.4) is 0 Å². The van der Waals surface area contributed by atoms with Gasteiger partial charge in [0, 0.05) is 6.54 Å². The smallest absolute Gasteiger partial charge is 0.307 e. The molecule has 1 aliphatic heterocycles. The summed E-state index contributed by atoms with van der Waals surface area (Å²) in [7, 11) is 0. The molecule has 16 heavy (non-hydrogen) atoms. The van der Waals surface area contributed by atoms with E-state index >= 15 is 0 Å². The van der Waals surface area contributed by atoms with Crippen molar-refractivity contribution in [3.8, 4) is 0 Å². The number of likely N-dealkylation sites (tertiary alicyclic amines) is 1. The first-order chi connectivity index (χ1) is 7.83. The zero-order valence-corrected chi connectivity index (χ0v) is 10.5. The van der Waals surface area contributed by atoms with Gasteiger partial charge in [-0.1, -0.05) is 26.2 Å². The van der Waals surface area contributed by atoms with Crippen molar-refractivity contribution < 1.29 is 9.53 Å². The second-order valence-corrected chi connectivity index (χ2v) is 4.58. The molecule has 1 fully saturated rings. The summed E-state index contributed by atoms with van der Waals surface area (Å²) >= 11 is 0. The molecule has 3 nitrogen and oxygen atoms in total. The normalized spacial score (nSPS) is 18.1. The van der Waals surface area contributed by atoms with Gasteiger partial charge >= 0.3 is 5.97 Å². The lowest BCUT2D eigenvalue weighted by Gasteiger charge is -2.18. The Hall–Kier alpha value is -0.570. The molecule has 0 unspecified atom stereocenters. The lowest BCUT2D eigenvalue weighted by Crippen LogP contribution is -2.27. The molecule has 1 aliphatic rings. The quantitative estimate of drug-likeness (QED) is 0.516. The zero-order valence-electron chi connectivity index (χ0n) is 10.5. The molecule has 0 atom stereocenters. The number of unbranched alkanes of at least 4 members (excludes halogenated alkanes) is 1. The minimum Gasteiger partial charge on any atom is -0.466 e. The van der Waals surface area contributed by atoms with Gasteiger partial charge in [-0.05, 0) is 32.4 Å². The zero-order chi connectivity index (χ0) is 11.6. The molecule has 0 aromatic heterocycles. The second-order valence-electron chi connectivity index (χ2n) is 4.58. The molecule has 1 heterocycles. The number of carbonyl (C=O) groups excluding carboxylic acids is 1. The molecule has 1 rings (SSSR count). The van der Waals surface area contributed by atoms with Crippen LogP contribution in [0.1, 0.15) is 51.9 Å². The van der Waals surface area contributed by atoms with Crippen LogP contribution >= 0.6 is 0 Å². The topological polar surface area (TPSA) is 29.5 Å². The van der Waals surface area contributed by atoms with Crippen molar-refractivity contribution in [3.63, 3.8) is 0 Å². The molecule has 0 aromatic carbocycles. The fraction of sp³-hybridized carbons (Fsp3) is 0.923. The second kappa shape index (κ2) is 8.57. The van der Waals surface area contributed by atoms with Gasteiger partial charge in [0.25, 0.3) is 0 Å². The van der Waals surface area contributed by atoms with E-state index in [0.717, 1.165) is 32.5 Å². The van der Waals surface area contributed by atoms with Gasteiger partial charge in [-0.3, -0.25) is 4.79 Å². The Bertz CT molecular complexity index is 186. The van der Waals surface area contributed by atoms with Gasteiger partial charge in [0.2, 0.25) is 0 Å². The fourth-order valence-electron chi connectivity index (χ4n) is 2.01. The van der Waals surface area contributed by atoms with Gasteiger partial charge in [0.15, 0.2) is 0 Å². The predicted molar refractivity (Wildman–Crippen MR) is 65.4 cm³/mol. The lowest BCUT2D eigenvalue weighted by molar-refractivity contribution is -0.144. The number of esters is 1. The van der Waals surface area contributed by atoms with Crippen LogP contribution in [0.4, 0.5) is 0 Å². The van der Waals surface area contributed by atoms with Gasteiger partial charge in [0.1, 0.15) is 0 Å². The van der Waals surface area contributed by atoms with Gasteiger partial charge in [-0.15, -0.1) is 0 Å². The van der Waals surface area contributed by atoms with Crippen molar-refractivity contribution in [1.29, 1.82) is 0 Å².